The van der Waals surface area contributed by atoms with Gasteiger partial charge in [-0.2, -0.15) is 5.26 Å². The lowest BCUT2D eigenvalue weighted by molar-refractivity contribution is 0.220. The Hall–Kier alpha value is -1.44. The van der Waals surface area contributed by atoms with E-state index >= 15 is 0 Å². The van der Waals surface area contributed by atoms with Crippen LogP contribution in [0.4, 0.5) is 0 Å². The van der Waals surface area contributed by atoms with E-state index in [2.05, 4.69) is 16.0 Å². The summed E-state index contributed by atoms with van der Waals surface area (Å²) in [6.45, 7) is 2.92. The van der Waals surface area contributed by atoms with Gasteiger partial charge in [0.25, 0.3) is 0 Å². The Morgan fingerprint density at radius 2 is 2.50 bits per heavy atom. The molecule has 16 heavy (non-hydrogen) atoms. The third-order valence-electron chi connectivity index (χ3n) is 3.02. The Morgan fingerprint density at radius 3 is 3.19 bits per heavy atom. The zero-order valence-electron chi connectivity index (χ0n) is 9.13. The molecule has 0 saturated carbocycles. The summed E-state index contributed by atoms with van der Waals surface area (Å²) in [5.41, 5.74) is 1.48. The summed E-state index contributed by atoms with van der Waals surface area (Å²) in [5, 5.41) is 18.0. The van der Waals surface area contributed by atoms with Crippen molar-refractivity contribution in [1.29, 1.82) is 5.26 Å². The van der Waals surface area contributed by atoms with Crippen molar-refractivity contribution in [2.24, 2.45) is 5.92 Å². The van der Waals surface area contributed by atoms with Gasteiger partial charge in [0.2, 0.25) is 0 Å². The van der Waals surface area contributed by atoms with E-state index in [0.29, 0.717) is 11.6 Å². The Balaban J connectivity index is 2.02. The highest BCUT2D eigenvalue weighted by Gasteiger charge is 2.22. The summed E-state index contributed by atoms with van der Waals surface area (Å²) in [6.07, 6.45) is 2.68. The molecule has 84 valence electrons. The first kappa shape index (κ1) is 11.1. The van der Waals surface area contributed by atoms with Crippen LogP contribution in [0.1, 0.15) is 17.7 Å². The number of aliphatic hydroxyl groups is 1. The lowest BCUT2D eigenvalue weighted by Gasteiger charge is -2.15. The fourth-order valence-electron chi connectivity index (χ4n) is 2.11. The van der Waals surface area contributed by atoms with Gasteiger partial charge in [-0.1, -0.05) is 6.07 Å². The maximum atomic E-state index is 9.06. The first-order valence-electron chi connectivity index (χ1n) is 5.50. The number of rotatable bonds is 3. The molecule has 1 fully saturated rings. The zero-order valence-corrected chi connectivity index (χ0v) is 9.13. The number of nitrogens with zero attached hydrogens (tertiary/aromatic N) is 3. The van der Waals surface area contributed by atoms with E-state index in [1.807, 2.05) is 12.1 Å². The fraction of sp³-hybridized carbons (Fsp3) is 0.500. The lowest BCUT2D eigenvalue weighted by atomic mass is 10.1. The van der Waals surface area contributed by atoms with Crippen LogP contribution in [0.3, 0.4) is 0 Å². The molecule has 4 heteroatoms. The topological polar surface area (TPSA) is 60.2 Å². The second-order valence-corrected chi connectivity index (χ2v) is 4.20. The first-order valence-corrected chi connectivity index (χ1v) is 5.50. The third kappa shape index (κ3) is 2.38. The number of likely N-dealkylation sites (tertiary alicyclic amines) is 1. The average Bonchev–Trinajstić information content (AvgIpc) is 2.77. The van der Waals surface area contributed by atoms with Gasteiger partial charge in [0.15, 0.2) is 0 Å². The summed E-state index contributed by atoms with van der Waals surface area (Å²) < 4.78 is 0. The number of nitriles is 1. The predicted molar refractivity (Wildman–Crippen MR) is 59.4 cm³/mol. The molecule has 1 aliphatic rings. The molecule has 4 nitrogen and oxygen atoms in total. The molecule has 0 amide bonds. The molecule has 0 radical (unpaired) electrons. The molecule has 1 aliphatic heterocycles. The number of aromatic nitrogens is 1. The van der Waals surface area contributed by atoms with E-state index in [0.717, 1.165) is 31.6 Å². The van der Waals surface area contributed by atoms with E-state index in [-0.39, 0.29) is 6.61 Å². The second kappa shape index (κ2) is 5.06. The zero-order chi connectivity index (χ0) is 11.4. The Morgan fingerprint density at radius 1 is 1.62 bits per heavy atom. The highest BCUT2D eigenvalue weighted by Crippen LogP contribution is 2.18. The van der Waals surface area contributed by atoms with Crippen LogP contribution in [0.25, 0.3) is 0 Å². The minimum absolute atomic E-state index is 0.259. The van der Waals surface area contributed by atoms with Crippen molar-refractivity contribution in [2.75, 3.05) is 19.7 Å². The van der Waals surface area contributed by atoms with Gasteiger partial charge in [-0.3, -0.25) is 4.90 Å². The minimum Gasteiger partial charge on any atom is -0.396 e. The number of pyridine rings is 1. The van der Waals surface area contributed by atoms with Gasteiger partial charge in [-0.25, -0.2) is 4.98 Å². The van der Waals surface area contributed by atoms with Crippen molar-refractivity contribution in [3.05, 3.63) is 29.6 Å². The van der Waals surface area contributed by atoms with Gasteiger partial charge in [0.05, 0.1) is 0 Å². The fourth-order valence-corrected chi connectivity index (χ4v) is 2.11. The molecule has 0 bridgehead atoms. The SMILES string of the molecule is N#Cc1ncccc1CN1CCC(CO)C1. The number of aliphatic hydroxyl groups excluding tert-OH is 1. The van der Waals surface area contributed by atoms with Crippen LogP contribution in [0.2, 0.25) is 0 Å². The van der Waals surface area contributed by atoms with Gasteiger partial charge in [0, 0.05) is 31.5 Å². The van der Waals surface area contributed by atoms with Crippen LogP contribution in [0, 0.1) is 17.2 Å². The van der Waals surface area contributed by atoms with Crippen LogP contribution >= 0.6 is 0 Å². The van der Waals surface area contributed by atoms with Crippen LogP contribution in [-0.4, -0.2) is 34.7 Å². The smallest absolute Gasteiger partial charge is 0.144 e. The predicted octanol–water partition coefficient (Wildman–Crippen LogP) is 0.767. The maximum Gasteiger partial charge on any atom is 0.144 e. The Kier molecular flexibility index (Phi) is 3.50. The molecule has 1 saturated heterocycles. The molecule has 2 rings (SSSR count). The highest BCUT2D eigenvalue weighted by atomic mass is 16.3. The standard InChI is InChI=1S/C12H15N3O/c13-6-12-11(2-1-4-14-12)8-15-5-3-10(7-15)9-16/h1-2,4,10,16H,3,5,7-9H2. The summed E-state index contributed by atoms with van der Waals surface area (Å²) >= 11 is 0. The van der Waals surface area contributed by atoms with Crippen molar-refractivity contribution >= 4 is 0 Å². The van der Waals surface area contributed by atoms with Crippen LogP contribution in [0.15, 0.2) is 18.3 Å². The molecule has 1 N–H and O–H groups in total. The van der Waals surface area contributed by atoms with E-state index in [9.17, 15) is 0 Å². The van der Waals surface area contributed by atoms with E-state index in [1.54, 1.807) is 6.20 Å². The summed E-state index contributed by atoms with van der Waals surface area (Å²) in [5.74, 6) is 0.391. The molecular weight excluding hydrogens is 202 g/mol. The van der Waals surface area contributed by atoms with Crippen LogP contribution < -0.4 is 0 Å². The Labute approximate surface area is 95.1 Å². The van der Waals surface area contributed by atoms with Crippen molar-refractivity contribution in [3.63, 3.8) is 0 Å². The number of hydrogen-bond acceptors (Lipinski definition) is 4. The van der Waals surface area contributed by atoms with Crippen LogP contribution in [-0.2, 0) is 6.54 Å². The first-order chi connectivity index (χ1) is 7.83. The molecule has 0 aromatic carbocycles. The molecule has 1 aromatic heterocycles. The third-order valence-corrected chi connectivity index (χ3v) is 3.02. The second-order valence-electron chi connectivity index (χ2n) is 4.20. The van der Waals surface area contributed by atoms with E-state index < -0.39 is 0 Å². The quantitative estimate of drug-likeness (QED) is 0.812. The van der Waals surface area contributed by atoms with Gasteiger partial charge < -0.3 is 5.11 Å². The lowest BCUT2D eigenvalue weighted by Crippen LogP contribution is -2.21. The number of hydrogen-bond donors (Lipinski definition) is 1. The van der Waals surface area contributed by atoms with E-state index in [1.165, 1.54) is 0 Å². The summed E-state index contributed by atoms with van der Waals surface area (Å²) in [6, 6.07) is 5.91. The van der Waals surface area contributed by atoms with Gasteiger partial charge in [-0.15, -0.1) is 0 Å². The highest BCUT2D eigenvalue weighted by molar-refractivity contribution is 5.30. The molecule has 0 aliphatic carbocycles. The molecular formula is C12H15N3O. The maximum absolute atomic E-state index is 9.06. The van der Waals surface area contributed by atoms with Crippen molar-refractivity contribution in [2.45, 2.75) is 13.0 Å². The van der Waals surface area contributed by atoms with Crippen LogP contribution in [0.5, 0.6) is 0 Å². The molecule has 1 aromatic rings. The summed E-state index contributed by atoms with van der Waals surface area (Å²) in [4.78, 5) is 6.30. The molecule has 0 spiro atoms. The van der Waals surface area contributed by atoms with Crippen molar-refractivity contribution in [3.8, 4) is 6.07 Å². The molecule has 1 atom stereocenters. The van der Waals surface area contributed by atoms with E-state index in [4.69, 9.17) is 10.4 Å². The summed E-state index contributed by atoms with van der Waals surface area (Å²) in [7, 11) is 0. The molecule has 2 heterocycles. The Bertz CT molecular complexity index is 399. The monoisotopic (exact) mass is 217 g/mol. The van der Waals surface area contributed by atoms with Gasteiger partial charge in [-0.05, 0) is 24.9 Å². The molecule has 1 unspecified atom stereocenters. The normalized spacial score (nSPS) is 20.9. The minimum atomic E-state index is 0.259. The van der Waals surface area contributed by atoms with Crippen molar-refractivity contribution < 1.29 is 5.11 Å². The van der Waals surface area contributed by atoms with Gasteiger partial charge >= 0.3 is 0 Å². The van der Waals surface area contributed by atoms with Gasteiger partial charge in [0.1, 0.15) is 11.8 Å². The van der Waals surface area contributed by atoms with Crippen molar-refractivity contribution in [1.82, 2.24) is 9.88 Å². The largest absolute Gasteiger partial charge is 0.396 e. The average molecular weight is 217 g/mol.